The summed E-state index contributed by atoms with van der Waals surface area (Å²) in [5.41, 5.74) is 7.58. The minimum absolute atomic E-state index is 0.195. The van der Waals surface area contributed by atoms with Crippen molar-refractivity contribution in [2.24, 2.45) is 0 Å². The Morgan fingerprint density at radius 2 is 1.45 bits per heavy atom. The van der Waals surface area contributed by atoms with Gasteiger partial charge in [-0.3, -0.25) is 14.6 Å². The minimum atomic E-state index is 0.195. The average molecular weight is 638 g/mol. The molecule has 9 nitrogen and oxygen atoms in total. The zero-order chi connectivity index (χ0) is 32.6. The van der Waals surface area contributed by atoms with Crippen LogP contribution in [0.5, 0.6) is 0 Å². The number of aliphatic hydroxyl groups excluding tert-OH is 1. The van der Waals surface area contributed by atoms with Gasteiger partial charge in [0.25, 0.3) is 0 Å². The first-order valence-electron chi connectivity index (χ1n) is 17.6. The highest BCUT2D eigenvalue weighted by Gasteiger charge is 2.24. The maximum atomic E-state index is 11.6. The van der Waals surface area contributed by atoms with Gasteiger partial charge in [0.2, 0.25) is 5.91 Å². The Bertz CT molecular complexity index is 1610. The molecule has 6 rings (SSSR count). The van der Waals surface area contributed by atoms with Crippen LogP contribution in [0.2, 0.25) is 0 Å². The van der Waals surface area contributed by atoms with Crippen LogP contribution in [0.25, 0.3) is 28.0 Å². The van der Waals surface area contributed by atoms with Crippen molar-refractivity contribution in [3.8, 4) is 22.4 Å². The van der Waals surface area contributed by atoms with Crippen LogP contribution < -0.4 is 4.90 Å². The number of β-amino-alcohol motifs (C(OH)–C–C–N with tert-alkyl or cyclic N) is 1. The van der Waals surface area contributed by atoms with Crippen LogP contribution in [-0.2, 0) is 11.2 Å². The van der Waals surface area contributed by atoms with Gasteiger partial charge in [0.1, 0.15) is 5.82 Å². The third-order valence-electron chi connectivity index (χ3n) is 9.90. The molecule has 9 heteroatoms. The van der Waals surface area contributed by atoms with Gasteiger partial charge in [-0.1, -0.05) is 67.8 Å². The van der Waals surface area contributed by atoms with Gasteiger partial charge in [-0.2, -0.15) is 9.61 Å². The van der Waals surface area contributed by atoms with Gasteiger partial charge in [0.15, 0.2) is 5.65 Å². The second-order valence-corrected chi connectivity index (χ2v) is 13.2. The Hall–Kier alpha value is -3.79. The number of rotatable bonds is 13. The van der Waals surface area contributed by atoms with Crippen molar-refractivity contribution in [3.63, 3.8) is 0 Å². The molecule has 47 heavy (non-hydrogen) atoms. The number of carbonyl (C=O) groups excluding carboxylic acids is 1. The predicted octanol–water partition coefficient (Wildman–Crippen LogP) is 5.14. The first kappa shape index (κ1) is 33.1. The van der Waals surface area contributed by atoms with Crippen LogP contribution in [0.3, 0.4) is 0 Å². The summed E-state index contributed by atoms with van der Waals surface area (Å²) < 4.78 is 2.04. The molecule has 0 saturated carbocycles. The van der Waals surface area contributed by atoms with E-state index in [1.807, 2.05) is 15.5 Å². The molecular weight excluding hydrogens is 586 g/mol. The van der Waals surface area contributed by atoms with Gasteiger partial charge in [0.05, 0.1) is 18.0 Å². The molecule has 2 aliphatic rings. The average Bonchev–Trinajstić information content (AvgIpc) is 3.44. The largest absolute Gasteiger partial charge is 0.395 e. The molecule has 0 aliphatic carbocycles. The molecule has 0 radical (unpaired) electrons. The van der Waals surface area contributed by atoms with Crippen LogP contribution in [0, 0.1) is 6.92 Å². The fraction of sp³-hybridized carbons (Fsp3) is 0.500. The zero-order valence-corrected chi connectivity index (χ0v) is 28.3. The Labute approximate surface area is 279 Å². The number of aryl methyl sites for hydroxylation is 2. The smallest absolute Gasteiger partial charge is 0.219 e. The van der Waals surface area contributed by atoms with Crippen molar-refractivity contribution in [1.82, 2.24) is 29.3 Å². The fourth-order valence-corrected chi connectivity index (χ4v) is 7.13. The number of aliphatic hydroxyl groups is 1. The molecule has 2 fully saturated rings. The lowest BCUT2D eigenvalue weighted by atomic mass is 10.0. The third-order valence-corrected chi connectivity index (χ3v) is 9.90. The molecule has 4 aromatic rings. The summed E-state index contributed by atoms with van der Waals surface area (Å²) in [4.78, 5) is 26.0. The quantitative estimate of drug-likeness (QED) is 0.203. The molecular formula is C38H51N7O2. The molecule has 2 aliphatic heterocycles. The molecule has 0 unspecified atom stereocenters. The van der Waals surface area contributed by atoms with E-state index in [0.29, 0.717) is 0 Å². The predicted molar refractivity (Wildman–Crippen MR) is 190 cm³/mol. The number of amides is 1. The highest BCUT2D eigenvalue weighted by Crippen LogP contribution is 2.33. The highest BCUT2D eigenvalue weighted by molar-refractivity contribution is 5.83. The van der Waals surface area contributed by atoms with E-state index in [9.17, 15) is 9.90 Å². The number of carbonyl (C=O) groups is 1. The molecule has 2 saturated heterocycles. The standard InChI is InChI=1S/C38H51N7O2/c1-30-37(33-14-8-6-9-15-33)38-39-35(29-36(45(38)40-30)44-24-20-42(21-25-44)26-27-46)34-16-11-13-32(28-34)12-7-4-3-5-10-17-41-18-22-43(23-19-41)31(2)47/h6,8-9,11,13-16,28-29,46H,3-5,7,10,12,17-27H2,1-2H3. The lowest BCUT2D eigenvalue weighted by molar-refractivity contribution is -0.130. The third kappa shape index (κ3) is 8.20. The normalized spacial score (nSPS) is 16.3. The maximum absolute atomic E-state index is 11.6. The van der Waals surface area contributed by atoms with Gasteiger partial charge in [-0.05, 0) is 49.9 Å². The summed E-state index contributed by atoms with van der Waals surface area (Å²) in [6.07, 6.45) is 7.28. The molecule has 1 amide bonds. The topological polar surface area (TPSA) is 80.5 Å². The molecule has 0 spiro atoms. The first-order valence-corrected chi connectivity index (χ1v) is 17.6. The summed E-state index contributed by atoms with van der Waals surface area (Å²) in [6, 6.07) is 21.6. The first-order chi connectivity index (χ1) is 23.0. The van der Waals surface area contributed by atoms with E-state index >= 15 is 0 Å². The number of nitrogens with zero attached hydrogens (tertiary/aromatic N) is 7. The second-order valence-electron chi connectivity index (χ2n) is 13.2. The van der Waals surface area contributed by atoms with E-state index < -0.39 is 0 Å². The van der Waals surface area contributed by atoms with E-state index in [4.69, 9.17) is 10.1 Å². The number of aromatic nitrogens is 3. The van der Waals surface area contributed by atoms with Crippen LogP contribution in [0.1, 0.15) is 50.3 Å². The lowest BCUT2D eigenvalue weighted by Gasteiger charge is -2.35. The van der Waals surface area contributed by atoms with Crippen molar-refractivity contribution in [3.05, 3.63) is 71.9 Å². The number of piperazine rings is 2. The van der Waals surface area contributed by atoms with Crippen molar-refractivity contribution in [2.45, 2.75) is 52.4 Å². The minimum Gasteiger partial charge on any atom is -0.395 e. The molecule has 250 valence electrons. The van der Waals surface area contributed by atoms with E-state index in [2.05, 4.69) is 76.2 Å². The van der Waals surface area contributed by atoms with Crippen LogP contribution in [-0.4, -0.2) is 112 Å². The lowest BCUT2D eigenvalue weighted by Crippen LogP contribution is -2.48. The van der Waals surface area contributed by atoms with Gasteiger partial charge >= 0.3 is 0 Å². The Morgan fingerprint density at radius 1 is 0.766 bits per heavy atom. The Balaban J connectivity index is 1.12. The van der Waals surface area contributed by atoms with Gasteiger partial charge in [-0.25, -0.2) is 4.98 Å². The van der Waals surface area contributed by atoms with Crippen LogP contribution >= 0.6 is 0 Å². The van der Waals surface area contributed by atoms with Crippen molar-refractivity contribution in [2.75, 3.05) is 77.0 Å². The summed E-state index contributed by atoms with van der Waals surface area (Å²) in [7, 11) is 0. The van der Waals surface area contributed by atoms with Crippen molar-refractivity contribution < 1.29 is 9.90 Å². The van der Waals surface area contributed by atoms with Crippen molar-refractivity contribution >= 4 is 17.4 Å². The van der Waals surface area contributed by atoms with Gasteiger partial charge in [0, 0.05) is 83.0 Å². The number of hydrogen-bond acceptors (Lipinski definition) is 7. The summed E-state index contributed by atoms with van der Waals surface area (Å²) in [5, 5.41) is 14.5. The summed E-state index contributed by atoms with van der Waals surface area (Å²) in [5.74, 6) is 1.28. The summed E-state index contributed by atoms with van der Waals surface area (Å²) in [6.45, 7) is 13.2. The fourth-order valence-electron chi connectivity index (χ4n) is 7.13. The number of benzene rings is 2. The number of unbranched alkanes of at least 4 members (excludes halogenated alkanes) is 4. The molecule has 2 aromatic carbocycles. The molecule has 0 atom stereocenters. The Morgan fingerprint density at radius 3 is 2.19 bits per heavy atom. The van der Waals surface area contributed by atoms with Crippen LogP contribution in [0.15, 0.2) is 60.7 Å². The monoisotopic (exact) mass is 637 g/mol. The van der Waals surface area contributed by atoms with E-state index in [1.54, 1.807) is 6.92 Å². The molecule has 0 bridgehead atoms. The molecule has 1 N–H and O–H groups in total. The zero-order valence-electron chi connectivity index (χ0n) is 28.3. The van der Waals surface area contributed by atoms with Crippen LogP contribution in [0.4, 0.5) is 5.82 Å². The van der Waals surface area contributed by atoms with Gasteiger partial charge < -0.3 is 14.9 Å². The number of anilines is 1. The number of hydrogen-bond donors (Lipinski definition) is 1. The Kier molecular flexibility index (Phi) is 11.2. The van der Waals surface area contributed by atoms with E-state index in [0.717, 1.165) is 111 Å². The maximum Gasteiger partial charge on any atom is 0.219 e. The number of fused-ring (bicyclic) bond motifs is 1. The van der Waals surface area contributed by atoms with Gasteiger partial charge in [-0.15, -0.1) is 0 Å². The van der Waals surface area contributed by atoms with E-state index in [1.165, 1.54) is 37.7 Å². The SMILES string of the molecule is CC(=O)N1CCN(CCCCCCCc2cccc(-c3cc(N4CCN(CCO)CC4)n4nc(C)c(-c5ccccc5)c4n3)c2)CC1. The molecule has 2 aromatic heterocycles. The summed E-state index contributed by atoms with van der Waals surface area (Å²) >= 11 is 0. The van der Waals surface area contributed by atoms with Crippen molar-refractivity contribution in [1.29, 1.82) is 0 Å². The molecule has 4 heterocycles. The second kappa shape index (κ2) is 15.9. The highest BCUT2D eigenvalue weighted by atomic mass is 16.3. The van der Waals surface area contributed by atoms with E-state index in [-0.39, 0.29) is 12.5 Å².